The molecule has 1 aliphatic heterocycles. The summed E-state index contributed by atoms with van der Waals surface area (Å²) >= 11 is 1.66. The van der Waals surface area contributed by atoms with Crippen LogP contribution in [-0.4, -0.2) is 24.7 Å². The molecule has 84 valence electrons. The summed E-state index contributed by atoms with van der Waals surface area (Å²) < 4.78 is 7.00. The van der Waals surface area contributed by atoms with Gasteiger partial charge in [-0.1, -0.05) is 0 Å². The largest absolute Gasteiger partial charge is 0.493 e. The van der Waals surface area contributed by atoms with E-state index in [0.29, 0.717) is 5.92 Å². The maximum Gasteiger partial charge on any atom is 0.120 e. The van der Waals surface area contributed by atoms with Gasteiger partial charge in [-0.15, -0.1) is 11.3 Å². The standard InChI is InChI=1S/C12H14N2OS/c1-2-11-12(16-8-14-11)5-10(1)15-7-9-3-4-13-6-9/h1-2,5,8-9,13H,3-4,6-7H2. The molecule has 1 aliphatic rings. The van der Waals surface area contributed by atoms with Crippen LogP contribution < -0.4 is 10.1 Å². The number of nitrogens with zero attached hydrogens (tertiary/aromatic N) is 1. The van der Waals surface area contributed by atoms with Crippen LogP contribution in [0.15, 0.2) is 23.7 Å². The highest BCUT2D eigenvalue weighted by molar-refractivity contribution is 7.16. The zero-order chi connectivity index (χ0) is 10.8. The molecule has 1 N–H and O–H groups in total. The predicted molar refractivity (Wildman–Crippen MR) is 66.1 cm³/mol. The molecule has 16 heavy (non-hydrogen) atoms. The lowest BCUT2D eigenvalue weighted by atomic mass is 10.1. The first-order valence-corrected chi connectivity index (χ1v) is 6.46. The van der Waals surface area contributed by atoms with Gasteiger partial charge < -0.3 is 10.1 Å². The first kappa shape index (κ1) is 10.1. The molecule has 1 atom stereocenters. The lowest BCUT2D eigenvalue weighted by molar-refractivity contribution is 0.260. The minimum absolute atomic E-state index is 0.664. The molecule has 0 aliphatic carbocycles. The van der Waals surface area contributed by atoms with E-state index in [0.717, 1.165) is 31.0 Å². The van der Waals surface area contributed by atoms with Crippen LogP contribution in [0.4, 0.5) is 0 Å². The minimum atomic E-state index is 0.664. The van der Waals surface area contributed by atoms with E-state index < -0.39 is 0 Å². The maximum atomic E-state index is 5.81. The molecule has 1 fully saturated rings. The number of fused-ring (bicyclic) bond motifs is 1. The number of benzene rings is 1. The Balaban J connectivity index is 1.68. The number of hydrogen-bond donors (Lipinski definition) is 1. The summed E-state index contributed by atoms with van der Waals surface area (Å²) in [6, 6.07) is 6.11. The van der Waals surface area contributed by atoms with E-state index in [9.17, 15) is 0 Å². The lowest BCUT2D eigenvalue weighted by Crippen LogP contribution is -2.15. The Morgan fingerprint density at radius 1 is 1.50 bits per heavy atom. The van der Waals surface area contributed by atoms with Crippen molar-refractivity contribution in [2.45, 2.75) is 6.42 Å². The average molecular weight is 234 g/mol. The van der Waals surface area contributed by atoms with Gasteiger partial charge in [-0.25, -0.2) is 4.98 Å². The van der Waals surface area contributed by atoms with Gasteiger partial charge in [0.05, 0.1) is 22.3 Å². The van der Waals surface area contributed by atoms with Gasteiger partial charge in [-0.2, -0.15) is 0 Å². The normalized spacial score (nSPS) is 20.4. The second-order valence-corrected chi connectivity index (χ2v) is 5.04. The van der Waals surface area contributed by atoms with Gasteiger partial charge in [0.1, 0.15) is 5.75 Å². The van der Waals surface area contributed by atoms with Gasteiger partial charge in [0.2, 0.25) is 0 Å². The average Bonchev–Trinajstić information content (AvgIpc) is 2.97. The molecule has 0 saturated carbocycles. The minimum Gasteiger partial charge on any atom is -0.493 e. The Bertz CT molecular complexity index is 477. The van der Waals surface area contributed by atoms with Gasteiger partial charge in [-0.05, 0) is 31.2 Å². The van der Waals surface area contributed by atoms with Crippen LogP contribution in [0, 0.1) is 5.92 Å². The summed E-state index contributed by atoms with van der Waals surface area (Å²) in [6.45, 7) is 3.03. The van der Waals surface area contributed by atoms with Crippen molar-refractivity contribution in [3.8, 4) is 5.75 Å². The zero-order valence-corrected chi connectivity index (χ0v) is 9.80. The van der Waals surface area contributed by atoms with Crippen LogP contribution in [0.3, 0.4) is 0 Å². The van der Waals surface area contributed by atoms with E-state index >= 15 is 0 Å². The fraction of sp³-hybridized carbons (Fsp3) is 0.417. The van der Waals surface area contributed by atoms with E-state index in [1.54, 1.807) is 11.3 Å². The van der Waals surface area contributed by atoms with Crippen LogP contribution in [0.1, 0.15) is 6.42 Å². The highest BCUT2D eigenvalue weighted by Gasteiger charge is 2.14. The number of hydrogen-bond acceptors (Lipinski definition) is 4. The maximum absolute atomic E-state index is 5.81. The first-order chi connectivity index (χ1) is 7.92. The summed E-state index contributed by atoms with van der Waals surface area (Å²) in [5.41, 5.74) is 2.93. The molecule has 3 rings (SSSR count). The fourth-order valence-corrected chi connectivity index (χ4v) is 2.70. The van der Waals surface area contributed by atoms with Gasteiger partial charge >= 0.3 is 0 Å². The topological polar surface area (TPSA) is 34.1 Å². The second-order valence-electron chi connectivity index (χ2n) is 4.15. The van der Waals surface area contributed by atoms with Crippen molar-refractivity contribution in [3.05, 3.63) is 23.7 Å². The van der Waals surface area contributed by atoms with Crippen molar-refractivity contribution < 1.29 is 4.74 Å². The Labute approximate surface area is 98.5 Å². The predicted octanol–water partition coefficient (Wildman–Crippen LogP) is 2.28. The van der Waals surface area contributed by atoms with Crippen LogP contribution in [0.25, 0.3) is 10.2 Å². The SMILES string of the molecule is c1nc2ccc(OCC3CCNC3)cc2s1. The van der Waals surface area contributed by atoms with Gasteiger partial charge in [-0.3, -0.25) is 0 Å². The molecule has 1 saturated heterocycles. The van der Waals surface area contributed by atoms with Crippen LogP contribution >= 0.6 is 11.3 Å². The molecule has 1 aromatic carbocycles. The monoisotopic (exact) mass is 234 g/mol. The highest BCUT2D eigenvalue weighted by Crippen LogP contribution is 2.23. The number of rotatable bonds is 3. The zero-order valence-electron chi connectivity index (χ0n) is 8.98. The summed E-state index contributed by atoms with van der Waals surface area (Å²) in [4.78, 5) is 4.25. The third kappa shape index (κ3) is 2.03. The first-order valence-electron chi connectivity index (χ1n) is 5.58. The Morgan fingerprint density at radius 2 is 2.50 bits per heavy atom. The smallest absolute Gasteiger partial charge is 0.120 e. The number of nitrogens with one attached hydrogen (secondary N) is 1. The number of aromatic nitrogens is 1. The molecule has 2 aromatic rings. The Kier molecular flexibility index (Phi) is 2.76. The summed E-state index contributed by atoms with van der Waals surface area (Å²) in [5.74, 6) is 1.63. The van der Waals surface area contributed by atoms with Crippen LogP contribution in [-0.2, 0) is 0 Å². The van der Waals surface area contributed by atoms with E-state index in [1.165, 1.54) is 11.1 Å². The summed E-state index contributed by atoms with van der Waals surface area (Å²) in [7, 11) is 0. The molecule has 1 unspecified atom stereocenters. The summed E-state index contributed by atoms with van der Waals surface area (Å²) in [5, 5.41) is 3.35. The molecule has 0 amide bonds. The molecular weight excluding hydrogens is 220 g/mol. The van der Waals surface area contributed by atoms with E-state index in [2.05, 4.69) is 16.4 Å². The van der Waals surface area contributed by atoms with E-state index in [1.807, 2.05) is 17.6 Å². The molecule has 3 nitrogen and oxygen atoms in total. The van der Waals surface area contributed by atoms with Gasteiger partial charge in [0.15, 0.2) is 0 Å². The van der Waals surface area contributed by atoms with Crippen molar-refractivity contribution in [2.75, 3.05) is 19.7 Å². The molecule has 0 spiro atoms. The molecule has 2 heterocycles. The van der Waals surface area contributed by atoms with Gasteiger partial charge in [0.25, 0.3) is 0 Å². The molecule has 0 radical (unpaired) electrons. The summed E-state index contributed by atoms with van der Waals surface area (Å²) in [6.07, 6.45) is 1.23. The van der Waals surface area contributed by atoms with Crippen molar-refractivity contribution in [3.63, 3.8) is 0 Å². The third-order valence-corrected chi connectivity index (χ3v) is 3.74. The van der Waals surface area contributed by atoms with Crippen LogP contribution in [0.5, 0.6) is 5.75 Å². The number of thiazole rings is 1. The van der Waals surface area contributed by atoms with Crippen molar-refractivity contribution in [2.24, 2.45) is 5.92 Å². The fourth-order valence-electron chi connectivity index (χ4n) is 2.00. The molecule has 0 bridgehead atoms. The quantitative estimate of drug-likeness (QED) is 0.884. The Morgan fingerprint density at radius 3 is 3.38 bits per heavy atom. The van der Waals surface area contributed by atoms with Gasteiger partial charge in [0, 0.05) is 12.5 Å². The molecule has 4 heteroatoms. The molecular formula is C12H14N2OS. The van der Waals surface area contributed by atoms with Crippen molar-refractivity contribution in [1.82, 2.24) is 10.3 Å². The van der Waals surface area contributed by atoms with E-state index in [-0.39, 0.29) is 0 Å². The molecule has 1 aromatic heterocycles. The van der Waals surface area contributed by atoms with E-state index in [4.69, 9.17) is 4.74 Å². The highest BCUT2D eigenvalue weighted by atomic mass is 32.1. The number of ether oxygens (including phenoxy) is 1. The lowest BCUT2D eigenvalue weighted by Gasteiger charge is -2.10. The second kappa shape index (κ2) is 4.39. The van der Waals surface area contributed by atoms with Crippen molar-refractivity contribution in [1.29, 1.82) is 0 Å². The third-order valence-electron chi connectivity index (χ3n) is 2.95. The van der Waals surface area contributed by atoms with Crippen molar-refractivity contribution >= 4 is 21.6 Å². The Hall–Kier alpha value is -1.13. The van der Waals surface area contributed by atoms with Crippen LogP contribution in [0.2, 0.25) is 0 Å².